The average molecular weight is 140 g/mol. The van der Waals surface area contributed by atoms with Gasteiger partial charge in [0.2, 0.25) is 0 Å². The van der Waals surface area contributed by atoms with Gasteiger partial charge in [-0.15, -0.1) is 0 Å². The lowest BCUT2D eigenvalue weighted by Gasteiger charge is -2.27. The van der Waals surface area contributed by atoms with Gasteiger partial charge < -0.3 is 0 Å². The summed E-state index contributed by atoms with van der Waals surface area (Å²) in [5.41, 5.74) is 0. The Balaban J connectivity index is 2.57. The molecule has 1 rings (SSSR count). The van der Waals surface area contributed by atoms with E-state index < -0.39 is 0 Å². The lowest BCUT2D eigenvalue weighted by Crippen LogP contribution is -2.28. The van der Waals surface area contributed by atoms with Crippen LogP contribution >= 0.6 is 0 Å². The van der Waals surface area contributed by atoms with E-state index in [1.165, 1.54) is 0 Å². The van der Waals surface area contributed by atoms with Crippen molar-refractivity contribution in [1.29, 1.82) is 0 Å². The molecule has 0 saturated heterocycles. The van der Waals surface area contributed by atoms with Crippen LogP contribution in [0, 0.1) is 17.8 Å². The van der Waals surface area contributed by atoms with Crippen molar-refractivity contribution >= 4 is 5.78 Å². The maximum atomic E-state index is 11.3. The smallest absolute Gasteiger partial charge is 0.138 e. The van der Waals surface area contributed by atoms with Gasteiger partial charge in [0.25, 0.3) is 0 Å². The summed E-state index contributed by atoms with van der Waals surface area (Å²) < 4.78 is 0. The standard InChI is InChI=1S/C9H16O/c1-6-4-7(2)9(10)8(3)5-6/h6-8H,4-5H2,1-3H3/t7-,8-/m0/s1. The summed E-state index contributed by atoms with van der Waals surface area (Å²) in [4.78, 5) is 11.3. The van der Waals surface area contributed by atoms with E-state index >= 15 is 0 Å². The zero-order chi connectivity index (χ0) is 7.72. The Morgan fingerprint density at radius 2 is 1.50 bits per heavy atom. The molecule has 0 spiro atoms. The largest absolute Gasteiger partial charge is 0.299 e. The number of ketones is 1. The molecule has 1 fully saturated rings. The highest BCUT2D eigenvalue weighted by molar-refractivity contribution is 5.83. The van der Waals surface area contributed by atoms with Crippen LogP contribution in [0.5, 0.6) is 0 Å². The van der Waals surface area contributed by atoms with Crippen molar-refractivity contribution in [2.75, 3.05) is 0 Å². The molecule has 1 heteroatoms. The van der Waals surface area contributed by atoms with Crippen LogP contribution in [0.3, 0.4) is 0 Å². The summed E-state index contributed by atoms with van der Waals surface area (Å²) in [7, 11) is 0. The highest BCUT2D eigenvalue weighted by atomic mass is 16.1. The predicted molar refractivity (Wildman–Crippen MR) is 41.7 cm³/mol. The van der Waals surface area contributed by atoms with E-state index in [2.05, 4.69) is 20.8 Å². The maximum absolute atomic E-state index is 11.3. The van der Waals surface area contributed by atoms with Crippen molar-refractivity contribution in [2.45, 2.75) is 33.6 Å². The number of carbonyl (C=O) groups excluding carboxylic acids is 1. The van der Waals surface area contributed by atoms with Crippen molar-refractivity contribution in [2.24, 2.45) is 17.8 Å². The molecule has 0 aromatic heterocycles. The molecule has 0 amide bonds. The minimum atomic E-state index is 0.318. The van der Waals surface area contributed by atoms with Crippen LogP contribution in [0.2, 0.25) is 0 Å². The molecule has 0 heterocycles. The maximum Gasteiger partial charge on any atom is 0.138 e. The van der Waals surface area contributed by atoms with Gasteiger partial charge >= 0.3 is 0 Å². The van der Waals surface area contributed by atoms with Gasteiger partial charge in [-0.2, -0.15) is 0 Å². The molecule has 1 nitrogen and oxygen atoms in total. The minimum Gasteiger partial charge on any atom is -0.299 e. The first-order valence-corrected chi connectivity index (χ1v) is 4.15. The Labute approximate surface area is 62.8 Å². The Bertz CT molecular complexity index is 126. The summed E-state index contributed by atoms with van der Waals surface area (Å²) in [6.07, 6.45) is 2.20. The van der Waals surface area contributed by atoms with Crippen molar-refractivity contribution < 1.29 is 4.79 Å². The predicted octanol–water partition coefficient (Wildman–Crippen LogP) is 2.26. The third-order valence-electron chi connectivity index (χ3n) is 2.48. The molecule has 2 atom stereocenters. The summed E-state index contributed by atoms with van der Waals surface area (Å²) in [5.74, 6) is 1.86. The van der Waals surface area contributed by atoms with Crippen molar-refractivity contribution in [3.05, 3.63) is 0 Å². The third-order valence-corrected chi connectivity index (χ3v) is 2.48. The van der Waals surface area contributed by atoms with E-state index in [1.807, 2.05) is 0 Å². The molecule has 1 saturated carbocycles. The van der Waals surface area contributed by atoms with Crippen LogP contribution in [0.15, 0.2) is 0 Å². The fourth-order valence-corrected chi connectivity index (χ4v) is 2.02. The lowest BCUT2D eigenvalue weighted by molar-refractivity contribution is -0.129. The van der Waals surface area contributed by atoms with Gasteiger partial charge in [0.05, 0.1) is 0 Å². The molecular formula is C9H16O. The zero-order valence-corrected chi connectivity index (χ0v) is 7.05. The second kappa shape index (κ2) is 2.73. The van der Waals surface area contributed by atoms with E-state index in [1.54, 1.807) is 0 Å². The Morgan fingerprint density at radius 3 is 1.90 bits per heavy atom. The lowest BCUT2D eigenvalue weighted by atomic mass is 9.77. The Morgan fingerprint density at radius 1 is 1.10 bits per heavy atom. The van der Waals surface area contributed by atoms with Crippen LogP contribution in [0.25, 0.3) is 0 Å². The molecule has 10 heavy (non-hydrogen) atoms. The molecular weight excluding hydrogens is 124 g/mol. The first kappa shape index (κ1) is 7.77. The fourth-order valence-electron chi connectivity index (χ4n) is 2.02. The van der Waals surface area contributed by atoms with Crippen LogP contribution in [0.1, 0.15) is 33.6 Å². The number of carbonyl (C=O) groups is 1. The van der Waals surface area contributed by atoms with Gasteiger partial charge in [0.15, 0.2) is 0 Å². The molecule has 0 aromatic carbocycles. The minimum absolute atomic E-state index is 0.318. The Kier molecular flexibility index (Phi) is 2.12. The third kappa shape index (κ3) is 1.39. The van der Waals surface area contributed by atoms with Gasteiger partial charge in [-0.25, -0.2) is 0 Å². The second-order valence-electron chi connectivity index (χ2n) is 3.78. The van der Waals surface area contributed by atoms with Gasteiger partial charge in [-0.1, -0.05) is 20.8 Å². The number of hydrogen-bond acceptors (Lipinski definition) is 1. The molecule has 0 radical (unpaired) electrons. The average Bonchev–Trinajstić information content (AvgIpc) is 1.82. The number of rotatable bonds is 0. The molecule has 1 aliphatic rings. The summed E-state index contributed by atoms with van der Waals surface area (Å²) in [5, 5.41) is 0. The van der Waals surface area contributed by atoms with E-state index in [9.17, 15) is 4.79 Å². The van der Waals surface area contributed by atoms with E-state index in [0.29, 0.717) is 17.6 Å². The van der Waals surface area contributed by atoms with Gasteiger partial charge in [0.1, 0.15) is 5.78 Å². The SMILES string of the molecule is CC1C[C@H](C)C(=O)[C@@H](C)C1. The summed E-state index contributed by atoms with van der Waals surface area (Å²) >= 11 is 0. The Hall–Kier alpha value is -0.330. The molecule has 0 aromatic rings. The van der Waals surface area contributed by atoms with Crippen LogP contribution in [-0.2, 0) is 4.79 Å². The highest BCUT2D eigenvalue weighted by Crippen LogP contribution is 2.29. The zero-order valence-electron chi connectivity index (χ0n) is 7.05. The highest BCUT2D eigenvalue weighted by Gasteiger charge is 2.28. The van der Waals surface area contributed by atoms with Gasteiger partial charge in [0, 0.05) is 11.8 Å². The van der Waals surface area contributed by atoms with Crippen LogP contribution in [0.4, 0.5) is 0 Å². The van der Waals surface area contributed by atoms with Crippen molar-refractivity contribution in [3.63, 3.8) is 0 Å². The van der Waals surface area contributed by atoms with Crippen LogP contribution < -0.4 is 0 Å². The van der Waals surface area contributed by atoms with Gasteiger partial charge in [-0.05, 0) is 18.8 Å². The molecule has 1 aliphatic carbocycles. The van der Waals surface area contributed by atoms with E-state index in [4.69, 9.17) is 0 Å². The molecule has 0 aliphatic heterocycles. The summed E-state index contributed by atoms with van der Waals surface area (Å²) in [6.45, 7) is 6.34. The van der Waals surface area contributed by atoms with Crippen LogP contribution in [-0.4, -0.2) is 5.78 Å². The summed E-state index contributed by atoms with van der Waals surface area (Å²) in [6, 6.07) is 0. The molecule has 0 N–H and O–H groups in total. The van der Waals surface area contributed by atoms with E-state index in [-0.39, 0.29) is 0 Å². The number of Topliss-reactive ketones (excluding diaryl/α,β-unsaturated/α-hetero) is 1. The van der Waals surface area contributed by atoms with Crippen molar-refractivity contribution in [3.8, 4) is 0 Å². The monoisotopic (exact) mass is 140 g/mol. The first-order chi connectivity index (χ1) is 4.61. The molecule has 58 valence electrons. The normalized spacial score (nSPS) is 41.9. The van der Waals surface area contributed by atoms with Gasteiger partial charge in [-0.3, -0.25) is 4.79 Å². The fraction of sp³-hybridized carbons (Fsp3) is 0.889. The topological polar surface area (TPSA) is 17.1 Å². The first-order valence-electron chi connectivity index (χ1n) is 4.15. The molecule has 0 unspecified atom stereocenters. The number of hydrogen-bond donors (Lipinski definition) is 0. The quantitative estimate of drug-likeness (QED) is 0.504. The molecule has 0 bridgehead atoms. The van der Waals surface area contributed by atoms with Crippen molar-refractivity contribution in [1.82, 2.24) is 0 Å². The van der Waals surface area contributed by atoms with E-state index in [0.717, 1.165) is 18.8 Å². The second-order valence-corrected chi connectivity index (χ2v) is 3.78.